The van der Waals surface area contributed by atoms with Gasteiger partial charge in [-0.2, -0.15) is 0 Å². The van der Waals surface area contributed by atoms with Gasteiger partial charge in [0.2, 0.25) is 0 Å². The normalized spacial score (nSPS) is 29.1. The molecule has 1 unspecified atom stereocenters. The molecule has 1 fully saturated rings. The molecule has 0 aromatic heterocycles. The van der Waals surface area contributed by atoms with Crippen molar-refractivity contribution in [2.24, 2.45) is 0 Å². The van der Waals surface area contributed by atoms with Crippen LogP contribution in [0, 0.1) is 0 Å². The lowest BCUT2D eigenvalue weighted by atomic mass is 9.99. The Hall–Kier alpha value is -0.0800. The van der Waals surface area contributed by atoms with Crippen LogP contribution < -0.4 is 5.32 Å². The Balaban J connectivity index is 2.38. The van der Waals surface area contributed by atoms with Crippen LogP contribution in [0.5, 0.6) is 0 Å². The molecule has 2 nitrogen and oxygen atoms in total. The summed E-state index contributed by atoms with van der Waals surface area (Å²) in [5, 5.41) is 3.62. The summed E-state index contributed by atoms with van der Waals surface area (Å²) in [4.78, 5) is 2.59. The third kappa shape index (κ3) is 3.65. The first-order valence-electron chi connectivity index (χ1n) is 5.53. The average Bonchev–Trinajstić information content (AvgIpc) is 1.97. The Morgan fingerprint density at radius 2 is 2.15 bits per heavy atom. The van der Waals surface area contributed by atoms with Gasteiger partial charge >= 0.3 is 0 Å². The van der Waals surface area contributed by atoms with Crippen LogP contribution >= 0.6 is 0 Å². The first-order valence-corrected chi connectivity index (χ1v) is 5.53. The summed E-state index contributed by atoms with van der Waals surface area (Å²) >= 11 is 0. The molecule has 1 heterocycles. The van der Waals surface area contributed by atoms with Crippen LogP contribution in [0.2, 0.25) is 0 Å². The fourth-order valence-electron chi connectivity index (χ4n) is 2.32. The minimum atomic E-state index is 0.297. The van der Waals surface area contributed by atoms with Gasteiger partial charge in [0, 0.05) is 24.7 Å². The van der Waals surface area contributed by atoms with Crippen molar-refractivity contribution in [3.8, 4) is 0 Å². The number of rotatable bonds is 3. The maximum Gasteiger partial charge on any atom is 0.0255 e. The Bertz CT molecular complexity index is 154. The van der Waals surface area contributed by atoms with E-state index in [1.54, 1.807) is 0 Å². The summed E-state index contributed by atoms with van der Waals surface area (Å²) < 4.78 is 0. The Morgan fingerprint density at radius 1 is 1.46 bits per heavy atom. The average molecular weight is 184 g/mol. The van der Waals surface area contributed by atoms with Gasteiger partial charge in [-0.1, -0.05) is 13.3 Å². The summed E-state index contributed by atoms with van der Waals surface area (Å²) in [7, 11) is 0. The highest BCUT2D eigenvalue weighted by Crippen LogP contribution is 2.14. The lowest BCUT2D eigenvalue weighted by molar-refractivity contribution is 0.122. The zero-order chi connectivity index (χ0) is 9.90. The fourth-order valence-corrected chi connectivity index (χ4v) is 2.32. The van der Waals surface area contributed by atoms with E-state index in [9.17, 15) is 0 Å². The molecule has 0 amide bonds. The quantitative estimate of drug-likeness (QED) is 0.720. The monoisotopic (exact) mass is 184 g/mol. The Labute approximate surface area is 82.7 Å². The van der Waals surface area contributed by atoms with Crippen molar-refractivity contribution < 1.29 is 0 Å². The largest absolute Gasteiger partial charge is 0.307 e. The molecule has 0 aliphatic carbocycles. The second-order valence-electron chi connectivity index (χ2n) is 5.02. The molecule has 1 saturated heterocycles. The number of unbranched alkanes of at least 4 members (excludes halogenated alkanes) is 1. The third-order valence-electron chi connectivity index (χ3n) is 2.62. The van der Waals surface area contributed by atoms with E-state index >= 15 is 0 Å². The van der Waals surface area contributed by atoms with Crippen molar-refractivity contribution in [2.75, 3.05) is 19.6 Å². The molecule has 0 aromatic carbocycles. The molecule has 1 N–H and O–H groups in total. The lowest BCUT2D eigenvalue weighted by Gasteiger charge is -2.42. The molecule has 0 bridgehead atoms. The second kappa shape index (κ2) is 4.43. The van der Waals surface area contributed by atoms with Crippen LogP contribution in [0.15, 0.2) is 0 Å². The van der Waals surface area contributed by atoms with Gasteiger partial charge in [0.05, 0.1) is 0 Å². The molecule has 0 radical (unpaired) electrons. The zero-order valence-electron chi connectivity index (χ0n) is 9.56. The fraction of sp³-hybridized carbons (Fsp3) is 1.00. The van der Waals surface area contributed by atoms with Gasteiger partial charge in [0.25, 0.3) is 0 Å². The first-order chi connectivity index (χ1) is 6.03. The zero-order valence-corrected chi connectivity index (χ0v) is 9.56. The van der Waals surface area contributed by atoms with E-state index in [-0.39, 0.29) is 0 Å². The summed E-state index contributed by atoms with van der Waals surface area (Å²) in [5.41, 5.74) is 0.297. The summed E-state index contributed by atoms with van der Waals surface area (Å²) in [6, 6.07) is 0.639. The standard InChI is InChI=1S/C11H24N2/c1-5-6-7-13-8-10(2)12-11(3,4)9-13/h10,12H,5-9H2,1-4H3. The van der Waals surface area contributed by atoms with Crippen molar-refractivity contribution in [3.05, 3.63) is 0 Å². The Morgan fingerprint density at radius 3 is 2.69 bits per heavy atom. The third-order valence-corrected chi connectivity index (χ3v) is 2.62. The van der Waals surface area contributed by atoms with Crippen molar-refractivity contribution >= 4 is 0 Å². The predicted octanol–water partition coefficient (Wildman–Crippen LogP) is 1.86. The van der Waals surface area contributed by atoms with E-state index in [0.717, 1.165) is 0 Å². The highest BCUT2D eigenvalue weighted by atomic mass is 15.2. The van der Waals surface area contributed by atoms with Crippen LogP contribution in [-0.2, 0) is 0 Å². The molecule has 2 heteroatoms. The van der Waals surface area contributed by atoms with Crippen LogP contribution in [0.3, 0.4) is 0 Å². The minimum Gasteiger partial charge on any atom is -0.307 e. The van der Waals surface area contributed by atoms with E-state index in [1.807, 2.05) is 0 Å². The number of nitrogens with zero attached hydrogens (tertiary/aromatic N) is 1. The van der Waals surface area contributed by atoms with Gasteiger partial charge in [-0.05, 0) is 33.7 Å². The van der Waals surface area contributed by atoms with Crippen molar-refractivity contribution in [1.29, 1.82) is 0 Å². The highest BCUT2D eigenvalue weighted by Gasteiger charge is 2.28. The van der Waals surface area contributed by atoms with E-state index in [4.69, 9.17) is 0 Å². The number of hydrogen-bond donors (Lipinski definition) is 1. The van der Waals surface area contributed by atoms with Gasteiger partial charge in [-0.3, -0.25) is 4.90 Å². The lowest BCUT2D eigenvalue weighted by Crippen LogP contribution is -2.61. The predicted molar refractivity (Wildman–Crippen MR) is 58.0 cm³/mol. The summed E-state index contributed by atoms with van der Waals surface area (Å²) in [6.45, 7) is 12.8. The van der Waals surface area contributed by atoms with Crippen LogP contribution in [0.1, 0.15) is 40.5 Å². The smallest absolute Gasteiger partial charge is 0.0255 e. The molecule has 1 aliphatic heterocycles. The molecular weight excluding hydrogens is 160 g/mol. The number of piperazine rings is 1. The number of nitrogens with one attached hydrogen (secondary N) is 1. The minimum absolute atomic E-state index is 0.297. The van der Waals surface area contributed by atoms with E-state index in [2.05, 4.69) is 37.9 Å². The van der Waals surface area contributed by atoms with E-state index in [1.165, 1.54) is 32.5 Å². The molecule has 78 valence electrons. The van der Waals surface area contributed by atoms with Gasteiger partial charge in [-0.25, -0.2) is 0 Å². The number of hydrogen-bond acceptors (Lipinski definition) is 2. The maximum atomic E-state index is 3.62. The summed E-state index contributed by atoms with van der Waals surface area (Å²) in [5.74, 6) is 0. The first kappa shape index (κ1) is 11.0. The molecule has 1 aliphatic rings. The van der Waals surface area contributed by atoms with Crippen LogP contribution in [0.25, 0.3) is 0 Å². The molecular formula is C11H24N2. The Kier molecular flexibility index (Phi) is 3.74. The van der Waals surface area contributed by atoms with Crippen molar-refractivity contribution in [3.63, 3.8) is 0 Å². The van der Waals surface area contributed by atoms with Crippen molar-refractivity contribution in [1.82, 2.24) is 10.2 Å². The molecule has 0 aromatic rings. The SMILES string of the molecule is CCCCN1CC(C)NC(C)(C)C1. The van der Waals surface area contributed by atoms with Crippen LogP contribution in [0.4, 0.5) is 0 Å². The molecule has 13 heavy (non-hydrogen) atoms. The van der Waals surface area contributed by atoms with Gasteiger partial charge < -0.3 is 5.32 Å². The molecule has 0 saturated carbocycles. The van der Waals surface area contributed by atoms with Gasteiger partial charge in [0.15, 0.2) is 0 Å². The summed E-state index contributed by atoms with van der Waals surface area (Å²) in [6.07, 6.45) is 2.64. The second-order valence-corrected chi connectivity index (χ2v) is 5.02. The van der Waals surface area contributed by atoms with E-state index < -0.39 is 0 Å². The van der Waals surface area contributed by atoms with Crippen molar-refractivity contribution in [2.45, 2.75) is 52.1 Å². The molecule has 1 atom stereocenters. The van der Waals surface area contributed by atoms with Gasteiger partial charge in [0.1, 0.15) is 0 Å². The molecule has 0 spiro atoms. The molecule has 1 rings (SSSR count). The van der Waals surface area contributed by atoms with E-state index in [0.29, 0.717) is 11.6 Å². The highest BCUT2D eigenvalue weighted by molar-refractivity contribution is 4.90. The topological polar surface area (TPSA) is 15.3 Å². The maximum absolute atomic E-state index is 3.62. The van der Waals surface area contributed by atoms with Gasteiger partial charge in [-0.15, -0.1) is 0 Å². The van der Waals surface area contributed by atoms with Crippen LogP contribution in [-0.4, -0.2) is 36.1 Å².